The first-order chi connectivity index (χ1) is 17.4. The Morgan fingerprint density at radius 3 is 1.92 bits per heavy atom. The molecule has 9 atom stereocenters. The van der Waals surface area contributed by atoms with Crippen LogP contribution >= 0.6 is 7.75 Å². The highest BCUT2D eigenvalue weighted by molar-refractivity contribution is 7.50. The van der Waals surface area contributed by atoms with Gasteiger partial charge in [-0.1, -0.05) is 0 Å². The molecule has 19 heteroatoms. The van der Waals surface area contributed by atoms with Crippen molar-refractivity contribution in [3.05, 3.63) is 66.2 Å². The van der Waals surface area contributed by atoms with E-state index in [1.54, 1.807) is 0 Å². The molecule has 4 heterocycles. The molecule has 204 valence electrons. The van der Waals surface area contributed by atoms with Gasteiger partial charge in [0.2, 0.25) is 0 Å². The lowest BCUT2D eigenvalue weighted by molar-refractivity contribution is -0.0537. The molecule has 2 aliphatic rings. The summed E-state index contributed by atoms with van der Waals surface area (Å²) in [6.45, 7) is -1.51. The summed E-state index contributed by atoms with van der Waals surface area (Å²) in [6.07, 6.45) is -8.49. The number of nitrogens with one attached hydrogen (secondary N) is 3. The van der Waals surface area contributed by atoms with Gasteiger partial charge < -0.3 is 34.8 Å². The summed E-state index contributed by atoms with van der Waals surface area (Å²) in [5.74, 6) is 0. The largest absolute Gasteiger partial charge is 0.403 e. The lowest BCUT2D eigenvalue weighted by Gasteiger charge is -2.24. The lowest BCUT2D eigenvalue weighted by atomic mass is 10.1. The van der Waals surface area contributed by atoms with Gasteiger partial charge in [0, 0.05) is 24.5 Å². The number of aromatic nitrogens is 4. The Bertz CT molecular complexity index is 1400. The quantitative estimate of drug-likeness (QED) is 0.143. The van der Waals surface area contributed by atoms with Crippen molar-refractivity contribution in [2.24, 2.45) is 0 Å². The van der Waals surface area contributed by atoms with E-state index in [2.05, 4.69) is 5.09 Å². The summed E-state index contributed by atoms with van der Waals surface area (Å²) in [4.78, 5) is 60.7. The van der Waals surface area contributed by atoms with Crippen molar-refractivity contribution in [3.8, 4) is 0 Å². The predicted octanol–water partition coefficient (Wildman–Crippen LogP) is -4.97. The first kappa shape index (κ1) is 27.3. The molecule has 8 N–H and O–H groups in total. The van der Waals surface area contributed by atoms with Crippen molar-refractivity contribution in [2.75, 3.05) is 13.2 Å². The normalized spacial score (nSPS) is 33.4. The van der Waals surface area contributed by atoms with Gasteiger partial charge in [0.05, 0.1) is 19.3 Å². The fourth-order valence-corrected chi connectivity index (χ4v) is 5.16. The summed E-state index contributed by atoms with van der Waals surface area (Å²) in [5.41, 5.74) is -3.27. The number of ether oxygens (including phenoxy) is 2. The van der Waals surface area contributed by atoms with Crippen LogP contribution < -0.4 is 27.6 Å². The molecule has 0 bridgehead atoms. The van der Waals surface area contributed by atoms with Crippen LogP contribution in [0.3, 0.4) is 0 Å². The van der Waals surface area contributed by atoms with E-state index in [0.29, 0.717) is 0 Å². The van der Waals surface area contributed by atoms with Gasteiger partial charge >= 0.3 is 19.1 Å². The lowest BCUT2D eigenvalue weighted by Crippen LogP contribution is -2.45. The summed E-state index contributed by atoms with van der Waals surface area (Å²) in [5, 5.41) is 42.9. The van der Waals surface area contributed by atoms with Crippen LogP contribution in [0.1, 0.15) is 12.5 Å². The molecule has 0 saturated carbocycles. The van der Waals surface area contributed by atoms with E-state index in [1.165, 1.54) is 0 Å². The topological polar surface area (TPSA) is 268 Å². The van der Waals surface area contributed by atoms with E-state index in [1.807, 2.05) is 9.97 Å². The number of nitrogens with zero attached hydrogens (tertiary/aromatic N) is 2. The number of rotatable bonds is 8. The van der Waals surface area contributed by atoms with E-state index in [9.17, 15) is 49.1 Å². The average molecular weight is 549 g/mol. The fraction of sp³-hybridized carbons (Fsp3) is 0.556. The minimum absolute atomic E-state index is 0.701. The maximum absolute atomic E-state index is 12.7. The smallest absolute Gasteiger partial charge is 0.394 e. The van der Waals surface area contributed by atoms with Crippen LogP contribution in [0.4, 0.5) is 0 Å². The third kappa shape index (κ3) is 5.58. The SMILES string of the molecule is O=c1ccn([C@@H]2O[C@H](COP(=O)(O)N[C@H]3[C@@H](O)[C@H](n4ccc(=O)[nH]c4=O)O[C@@H]3CO)[C@@H](O)[C@H]2O)c(=O)[nH]1. The van der Waals surface area contributed by atoms with Crippen LogP contribution in [0.15, 0.2) is 43.7 Å². The van der Waals surface area contributed by atoms with Crippen LogP contribution in [0.5, 0.6) is 0 Å². The van der Waals surface area contributed by atoms with Crippen LogP contribution in [0.25, 0.3) is 0 Å². The number of aliphatic hydroxyl groups excluding tert-OH is 4. The number of aromatic amines is 2. The first-order valence-electron chi connectivity index (χ1n) is 10.8. The van der Waals surface area contributed by atoms with Crippen LogP contribution in [0.2, 0.25) is 0 Å². The molecule has 4 rings (SSSR count). The molecule has 2 fully saturated rings. The van der Waals surface area contributed by atoms with Gasteiger partial charge in [-0.25, -0.2) is 19.2 Å². The second kappa shape index (κ2) is 10.5. The molecule has 2 aliphatic heterocycles. The zero-order valence-electron chi connectivity index (χ0n) is 18.7. The van der Waals surface area contributed by atoms with Crippen molar-refractivity contribution in [1.82, 2.24) is 24.2 Å². The Morgan fingerprint density at radius 2 is 1.41 bits per heavy atom. The van der Waals surface area contributed by atoms with Crippen molar-refractivity contribution < 1.29 is 43.9 Å². The predicted molar refractivity (Wildman–Crippen MR) is 118 cm³/mol. The van der Waals surface area contributed by atoms with E-state index >= 15 is 0 Å². The molecule has 0 aliphatic carbocycles. The van der Waals surface area contributed by atoms with Gasteiger partial charge in [-0.05, 0) is 0 Å². The molecule has 0 aromatic carbocycles. The molecule has 0 spiro atoms. The maximum Gasteiger partial charge on any atom is 0.403 e. The van der Waals surface area contributed by atoms with Crippen molar-refractivity contribution in [3.63, 3.8) is 0 Å². The van der Waals surface area contributed by atoms with Crippen LogP contribution in [0, 0.1) is 0 Å². The second-order valence-corrected chi connectivity index (χ2v) is 9.85. The van der Waals surface area contributed by atoms with Gasteiger partial charge in [-0.2, -0.15) is 0 Å². The number of hydrogen-bond acceptors (Lipinski definition) is 12. The molecular weight excluding hydrogens is 525 g/mol. The summed E-state index contributed by atoms with van der Waals surface area (Å²) >= 11 is 0. The van der Waals surface area contributed by atoms with Crippen LogP contribution in [-0.2, 0) is 18.6 Å². The van der Waals surface area contributed by atoms with Gasteiger partial charge in [-0.15, -0.1) is 0 Å². The number of aliphatic hydroxyl groups is 4. The Morgan fingerprint density at radius 1 is 0.892 bits per heavy atom. The molecule has 1 unspecified atom stereocenters. The fourth-order valence-electron chi connectivity index (χ4n) is 4.04. The Kier molecular flexibility index (Phi) is 7.77. The first-order valence-corrected chi connectivity index (χ1v) is 12.3. The molecule has 2 saturated heterocycles. The Hall–Kier alpha value is -2.77. The van der Waals surface area contributed by atoms with Gasteiger partial charge in [0.25, 0.3) is 11.1 Å². The molecule has 2 aromatic rings. The van der Waals surface area contributed by atoms with Crippen molar-refractivity contribution in [1.29, 1.82) is 0 Å². The van der Waals surface area contributed by atoms with Crippen molar-refractivity contribution in [2.45, 2.75) is 49.0 Å². The monoisotopic (exact) mass is 549 g/mol. The Labute approximate surface area is 204 Å². The van der Waals surface area contributed by atoms with Gasteiger partial charge in [0.15, 0.2) is 12.5 Å². The highest BCUT2D eigenvalue weighted by Crippen LogP contribution is 2.42. The molecule has 0 radical (unpaired) electrons. The molecule has 0 amide bonds. The highest BCUT2D eigenvalue weighted by atomic mass is 31.2. The average Bonchev–Trinajstić information content (AvgIpc) is 3.28. The van der Waals surface area contributed by atoms with E-state index in [4.69, 9.17) is 14.0 Å². The number of hydrogen-bond donors (Lipinski definition) is 8. The molecule has 18 nitrogen and oxygen atoms in total. The van der Waals surface area contributed by atoms with Crippen molar-refractivity contribution >= 4 is 7.75 Å². The Balaban J connectivity index is 1.43. The van der Waals surface area contributed by atoms with E-state index in [0.717, 1.165) is 33.7 Å². The molecule has 37 heavy (non-hydrogen) atoms. The minimum Gasteiger partial charge on any atom is -0.394 e. The highest BCUT2D eigenvalue weighted by Gasteiger charge is 2.49. The molecular formula is C18H24N5O13P. The standard InChI is InChI=1S/C18H24N5O13P/c24-5-7-11(13(28)15(35-7)22-3-1-9(25)19-17(22)30)21-37(32,33)34-6-8-12(27)14(29)16(36-8)23-4-2-10(26)20-18(23)31/h1-4,7-8,11-16,24,27-29H,5-6H2,(H,19,25,30)(H,20,26,31)(H2,21,32,33)/t7-,8-,11-,12-,13-,14-,15-,16-/m1/s1. The molecule has 2 aromatic heterocycles. The number of H-pyrrole nitrogens is 2. The second-order valence-electron chi connectivity index (χ2n) is 8.29. The third-order valence-electron chi connectivity index (χ3n) is 5.87. The van der Waals surface area contributed by atoms with E-state index in [-0.39, 0.29) is 0 Å². The zero-order chi connectivity index (χ0) is 27.1. The van der Waals surface area contributed by atoms with Gasteiger partial charge in [0.1, 0.15) is 30.5 Å². The third-order valence-corrected chi connectivity index (χ3v) is 6.99. The summed E-state index contributed by atoms with van der Waals surface area (Å²) in [6, 6.07) is 0.542. The minimum atomic E-state index is -4.81. The van der Waals surface area contributed by atoms with Crippen LogP contribution in [-0.4, -0.2) is 94.2 Å². The van der Waals surface area contributed by atoms with E-state index < -0.39 is 92.5 Å². The zero-order valence-corrected chi connectivity index (χ0v) is 19.6. The summed E-state index contributed by atoms with van der Waals surface area (Å²) < 4.78 is 30.1. The van der Waals surface area contributed by atoms with Gasteiger partial charge in [-0.3, -0.25) is 33.2 Å². The maximum atomic E-state index is 12.7. The summed E-state index contributed by atoms with van der Waals surface area (Å²) in [7, 11) is -4.81.